The number of carboxylic acids is 1. The van der Waals surface area contributed by atoms with E-state index in [0.717, 1.165) is 28.1 Å². The van der Waals surface area contributed by atoms with Gasteiger partial charge in [0, 0.05) is 19.5 Å². The fourth-order valence-corrected chi connectivity index (χ4v) is 4.94. The lowest BCUT2D eigenvalue weighted by atomic mass is 9.96. The van der Waals surface area contributed by atoms with Gasteiger partial charge in [0.25, 0.3) is 0 Å². The second kappa shape index (κ2) is 12.2. The van der Waals surface area contributed by atoms with E-state index in [9.17, 15) is 14.7 Å². The van der Waals surface area contributed by atoms with Crippen molar-refractivity contribution in [1.29, 1.82) is 0 Å². The maximum absolute atomic E-state index is 13.5. The maximum Gasteiger partial charge on any atom is 0.348 e. The molecule has 41 heavy (non-hydrogen) atoms. The predicted octanol–water partition coefficient (Wildman–Crippen LogP) is 7.00. The van der Waals surface area contributed by atoms with E-state index in [2.05, 4.69) is 6.07 Å². The number of urea groups is 1. The fourth-order valence-electron chi connectivity index (χ4n) is 4.94. The minimum absolute atomic E-state index is 0.0453. The number of fused-ring (bicyclic) bond motifs is 1. The zero-order valence-electron chi connectivity index (χ0n) is 23.3. The van der Waals surface area contributed by atoms with Crippen molar-refractivity contribution >= 4 is 23.4 Å². The Morgan fingerprint density at radius 1 is 0.878 bits per heavy atom. The molecule has 0 bridgehead atoms. The molecule has 210 valence electrons. The molecule has 4 aromatic rings. The molecule has 0 radical (unpaired) electrons. The summed E-state index contributed by atoms with van der Waals surface area (Å²) >= 11 is 0. The van der Waals surface area contributed by atoms with Gasteiger partial charge >= 0.3 is 12.0 Å². The molecule has 0 spiro atoms. The van der Waals surface area contributed by atoms with Crippen LogP contribution in [0.25, 0.3) is 0 Å². The van der Waals surface area contributed by atoms with Gasteiger partial charge in [-0.05, 0) is 73.9 Å². The lowest BCUT2D eigenvalue weighted by Crippen LogP contribution is -2.45. The molecular formula is C34H34N2O5. The van der Waals surface area contributed by atoms with Gasteiger partial charge in [0.1, 0.15) is 11.5 Å². The smallest absolute Gasteiger partial charge is 0.348 e. The third-order valence-electron chi connectivity index (χ3n) is 7.19. The van der Waals surface area contributed by atoms with Crippen LogP contribution in [0.4, 0.5) is 16.2 Å². The first-order valence-electron chi connectivity index (χ1n) is 13.8. The molecule has 1 aliphatic rings. The first kappa shape index (κ1) is 27.8. The SMILES string of the molecule is Cc1ccc(N2C(=O)N(CCCOc3ccc(C[C@](C)(Oc4ccccc4)C(=O)O)cc3)Cc3ccccc32)cc1. The van der Waals surface area contributed by atoms with Crippen LogP contribution in [0.2, 0.25) is 0 Å². The van der Waals surface area contributed by atoms with Crippen molar-refractivity contribution < 1.29 is 24.2 Å². The van der Waals surface area contributed by atoms with Crippen molar-refractivity contribution in [3.8, 4) is 11.5 Å². The van der Waals surface area contributed by atoms with Crippen LogP contribution in [0.1, 0.15) is 30.0 Å². The van der Waals surface area contributed by atoms with Crippen LogP contribution < -0.4 is 14.4 Å². The van der Waals surface area contributed by atoms with Gasteiger partial charge in [-0.1, -0.05) is 66.2 Å². The van der Waals surface area contributed by atoms with Crippen molar-refractivity contribution in [3.05, 3.63) is 120 Å². The minimum Gasteiger partial charge on any atom is -0.494 e. The van der Waals surface area contributed by atoms with Gasteiger partial charge in [0.15, 0.2) is 0 Å². The molecule has 7 heteroatoms. The number of aryl methyl sites for hydroxylation is 1. The van der Waals surface area contributed by atoms with E-state index in [0.29, 0.717) is 37.6 Å². The van der Waals surface area contributed by atoms with Crippen LogP contribution in [0.15, 0.2) is 103 Å². The molecule has 2 amide bonds. The van der Waals surface area contributed by atoms with E-state index in [1.165, 1.54) is 0 Å². The average molecular weight is 551 g/mol. The molecule has 7 nitrogen and oxygen atoms in total. The molecule has 1 N–H and O–H groups in total. The van der Waals surface area contributed by atoms with E-state index >= 15 is 0 Å². The Bertz CT molecular complexity index is 1490. The van der Waals surface area contributed by atoms with Crippen LogP contribution >= 0.6 is 0 Å². The summed E-state index contributed by atoms with van der Waals surface area (Å²) in [7, 11) is 0. The highest BCUT2D eigenvalue weighted by Gasteiger charge is 2.36. The highest BCUT2D eigenvalue weighted by atomic mass is 16.5. The summed E-state index contributed by atoms with van der Waals surface area (Å²) in [5.74, 6) is 0.166. The number of para-hydroxylation sites is 2. The second-order valence-corrected chi connectivity index (χ2v) is 10.5. The zero-order valence-corrected chi connectivity index (χ0v) is 23.3. The summed E-state index contributed by atoms with van der Waals surface area (Å²) in [6.45, 7) is 5.16. The van der Waals surface area contributed by atoms with Crippen LogP contribution in [0.3, 0.4) is 0 Å². The molecule has 0 aromatic heterocycles. The van der Waals surface area contributed by atoms with Crippen LogP contribution in [0, 0.1) is 6.92 Å². The molecule has 1 atom stereocenters. The standard InChI is InChI=1S/C34H34N2O5/c1-25-13-17-28(18-14-25)36-31-12-7-6-9-27(31)24-35(33(36)39)21-8-22-40-29-19-15-26(16-20-29)23-34(2,32(37)38)41-30-10-4-3-5-11-30/h3-7,9-20H,8,21-24H2,1-2H3,(H,37,38)/t34-/m0/s1. The average Bonchev–Trinajstić information content (AvgIpc) is 2.97. The van der Waals surface area contributed by atoms with Crippen molar-refractivity contribution in [1.82, 2.24) is 4.90 Å². The van der Waals surface area contributed by atoms with Crippen molar-refractivity contribution in [2.24, 2.45) is 0 Å². The highest BCUT2D eigenvalue weighted by Crippen LogP contribution is 2.35. The fraction of sp³-hybridized carbons (Fsp3) is 0.235. The molecular weight excluding hydrogens is 516 g/mol. The number of carbonyl (C=O) groups excluding carboxylic acids is 1. The first-order chi connectivity index (χ1) is 19.8. The number of nitrogens with zero attached hydrogens (tertiary/aromatic N) is 2. The van der Waals surface area contributed by atoms with E-state index in [-0.39, 0.29) is 12.5 Å². The second-order valence-electron chi connectivity index (χ2n) is 10.5. The Morgan fingerprint density at radius 2 is 1.56 bits per heavy atom. The lowest BCUT2D eigenvalue weighted by Gasteiger charge is -2.37. The van der Waals surface area contributed by atoms with E-state index in [1.807, 2.05) is 96.8 Å². The molecule has 0 unspecified atom stereocenters. The van der Waals surface area contributed by atoms with E-state index in [1.54, 1.807) is 24.0 Å². The number of carbonyl (C=O) groups is 2. The zero-order chi connectivity index (χ0) is 28.8. The number of hydrogen-bond acceptors (Lipinski definition) is 4. The number of benzene rings is 4. The van der Waals surface area contributed by atoms with Gasteiger partial charge in [-0.15, -0.1) is 0 Å². The lowest BCUT2D eigenvalue weighted by molar-refractivity contribution is -0.153. The summed E-state index contributed by atoms with van der Waals surface area (Å²) in [4.78, 5) is 29.2. The predicted molar refractivity (Wildman–Crippen MR) is 159 cm³/mol. The van der Waals surface area contributed by atoms with Gasteiger partial charge in [-0.25, -0.2) is 9.59 Å². The van der Waals surface area contributed by atoms with Crippen molar-refractivity contribution in [2.75, 3.05) is 18.1 Å². The van der Waals surface area contributed by atoms with Crippen molar-refractivity contribution in [2.45, 2.75) is 38.8 Å². The molecule has 0 saturated carbocycles. The Labute approximate surface area is 240 Å². The van der Waals surface area contributed by atoms with Gasteiger partial charge in [0.2, 0.25) is 5.60 Å². The number of carboxylic acid groups (broad SMARTS) is 1. The van der Waals surface area contributed by atoms with Crippen LogP contribution in [-0.4, -0.2) is 40.8 Å². The van der Waals surface area contributed by atoms with E-state index in [4.69, 9.17) is 9.47 Å². The molecule has 0 fully saturated rings. The molecule has 0 saturated heterocycles. The summed E-state index contributed by atoms with van der Waals surface area (Å²) in [5.41, 5.74) is 3.44. The molecule has 5 rings (SSSR count). The summed E-state index contributed by atoms with van der Waals surface area (Å²) < 4.78 is 11.8. The molecule has 1 heterocycles. The molecule has 1 aliphatic heterocycles. The van der Waals surface area contributed by atoms with Crippen LogP contribution in [0.5, 0.6) is 11.5 Å². The molecule has 4 aromatic carbocycles. The number of aliphatic carboxylic acids is 1. The highest BCUT2D eigenvalue weighted by molar-refractivity contribution is 6.01. The summed E-state index contributed by atoms with van der Waals surface area (Å²) in [6.07, 6.45) is 0.868. The Hall–Kier alpha value is -4.78. The van der Waals surface area contributed by atoms with Crippen molar-refractivity contribution in [3.63, 3.8) is 0 Å². The van der Waals surface area contributed by atoms with Gasteiger partial charge in [0.05, 0.1) is 18.0 Å². The Morgan fingerprint density at radius 3 is 2.27 bits per heavy atom. The third-order valence-corrected chi connectivity index (χ3v) is 7.19. The maximum atomic E-state index is 13.5. The van der Waals surface area contributed by atoms with Gasteiger partial charge in [-0.2, -0.15) is 0 Å². The number of anilines is 2. The first-order valence-corrected chi connectivity index (χ1v) is 13.8. The number of rotatable bonds is 11. The topological polar surface area (TPSA) is 79.3 Å². The van der Waals surface area contributed by atoms with E-state index < -0.39 is 11.6 Å². The number of hydrogen-bond donors (Lipinski definition) is 1. The third kappa shape index (κ3) is 6.52. The number of ether oxygens (including phenoxy) is 2. The minimum atomic E-state index is -1.41. The molecule has 0 aliphatic carbocycles. The van der Waals surface area contributed by atoms with Gasteiger partial charge < -0.3 is 19.5 Å². The Balaban J connectivity index is 1.17. The van der Waals surface area contributed by atoms with Crippen LogP contribution in [-0.2, 0) is 17.8 Å². The van der Waals surface area contributed by atoms with Gasteiger partial charge in [-0.3, -0.25) is 4.90 Å². The summed E-state index contributed by atoms with van der Waals surface area (Å²) in [6, 6.07) is 32.3. The quantitative estimate of drug-likeness (QED) is 0.203. The summed E-state index contributed by atoms with van der Waals surface area (Å²) in [5, 5.41) is 9.84. The Kier molecular flexibility index (Phi) is 8.24. The number of amides is 2. The normalized spacial score (nSPS) is 14.2. The monoisotopic (exact) mass is 550 g/mol. The largest absolute Gasteiger partial charge is 0.494 e.